The van der Waals surface area contributed by atoms with Gasteiger partial charge in [0, 0.05) is 25.8 Å². The molecule has 120 valence electrons. The van der Waals surface area contributed by atoms with Gasteiger partial charge in [0.2, 0.25) is 11.8 Å². The van der Waals surface area contributed by atoms with Crippen molar-refractivity contribution in [3.05, 3.63) is 35.4 Å². The number of rotatable bonds is 4. The quantitative estimate of drug-likeness (QED) is 0.927. The van der Waals surface area contributed by atoms with Crippen molar-refractivity contribution < 1.29 is 9.59 Å². The van der Waals surface area contributed by atoms with Gasteiger partial charge in [-0.3, -0.25) is 9.59 Å². The minimum absolute atomic E-state index is 0.107. The zero-order valence-corrected chi connectivity index (χ0v) is 14.1. The third kappa shape index (κ3) is 5.05. The summed E-state index contributed by atoms with van der Waals surface area (Å²) < 4.78 is 0. The van der Waals surface area contributed by atoms with Crippen LogP contribution in [-0.4, -0.2) is 41.3 Å². The summed E-state index contributed by atoms with van der Waals surface area (Å²) in [7, 11) is 0. The molecule has 1 saturated heterocycles. The molecule has 0 aromatic heterocycles. The molecule has 1 atom stereocenters. The zero-order valence-electron chi connectivity index (χ0n) is 13.3. The average molecular weight is 320 g/mol. The van der Waals surface area contributed by atoms with E-state index in [1.54, 1.807) is 0 Å². The van der Waals surface area contributed by atoms with E-state index in [9.17, 15) is 9.59 Å². The lowest BCUT2D eigenvalue weighted by Gasteiger charge is -2.24. The number of amides is 2. The largest absolute Gasteiger partial charge is 0.349 e. The van der Waals surface area contributed by atoms with E-state index in [2.05, 4.69) is 5.32 Å². The molecule has 0 radical (unpaired) electrons. The SMILES string of the molecule is CC(=O)NC(CC(=O)N1CCCSCC1)c1ccc(C)cc1. The van der Waals surface area contributed by atoms with Crippen LogP contribution in [0.25, 0.3) is 0 Å². The van der Waals surface area contributed by atoms with Crippen LogP contribution >= 0.6 is 11.8 Å². The van der Waals surface area contributed by atoms with Crippen LogP contribution in [0.1, 0.15) is 36.9 Å². The zero-order chi connectivity index (χ0) is 15.9. The molecule has 2 rings (SSSR count). The molecule has 5 heteroatoms. The summed E-state index contributed by atoms with van der Waals surface area (Å²) in [5.41, 5.74) is 2.15. The van der Waals surface area contributed by atoms with E-state index in [0.717, 1.165) is 36.6 Å². The molecule has 1 aliphatic heterocycles. The fourth-order valence-corrected chi connectivity index (χ4v) is 3.48. The van der Waals surface area contributed by atoms with Gasteiger partial charge in [-0.2, -0.15) is 11.8 Å². The standard InChI is InChI=1S/C17H24N2O2S/c1-13-4-6-15(7-5-13)16(18-14(2)20)12-17(21)19-8-3-10-22-11-9-19/h4-7,16H,3,8-12H2,1-2H3,(H,18,20). The summed E-state index contributed by atoms with van der Waals surface area (Å²) in [6, 6.07) is 7.75. The highest BCUT2D eigenvalue weighted by molar-refractivity contribution is 7.99. The van der Waals surface area contributed by atoms with Crippen molar-refractivity contribution in [1.29, 1.82) is 0 Å². The van der Waals surface area contributed by atoms with Crippen LogP contribution in [0.15, 0.2) is 24.3 Å². The lowest BCUT2D eigenvalue weighted by Crippen LogP contribution is -2.37. The van der Waals surface area contributed by atoms with Gasteiger partial charge >= 0.3 is 0 Å². The molecule has 1 aromatic rings. The fourth-order valence-electron chi connectivity index (χ4n) is 2.60. The molecule has 0 bridgehead atoms. The van der Waals surface area contributed by atoms with Gasteiger partial charge in [-0.15, -0.1) is 0 Å². The maximum absolute atomic E-state index is 12.5. The van der Waals surface area contributed by atoms with Gasteiger partial charge in [-0.05, 0) is 24.7 Å². The number of carbonyl (C=O) groups is 2. The molecule has 0 saturated carbocycles. The van der Waals surface area contributed by atoms with Crippen molar-refractivity contribution in [1.82, 2.24) is 10.2 Å². The van der Waals surface area contributed by atoms with Crippen molar-refractivity contribution in [2.75, 3.05) is 24.6 Å². The van der Waals surface area contributed by atoms with Gasteiger partial charge in [0.1, 0.15) is 0 Å². The van der Waals surface area contributed by atoms with Gasteiger partial charge in [-0.25, -0.2) is 0 Å². The molecule has 4 nitrogen and oxygen atoms in total. The van der Waals surface area contributed by atoms with Crippen LogP contribution in [0.3, 0.4) is 0 Å². The lowest BCUT2D eigenvalue weighted by molar-refractivity contribution is -0.131. The molecule has 1 fully saturated rings. The summed E-state index contributed by atoms with van der Waals surface area (Å²) in [6.45, 7) is 5.15. The highest BCUT2D eigenvalue weighted by Crippen LogP contribution is 2.20. The minimum atomic E-state index is -0.249. The molecule has 1 aromatic carbocycles. The molecular formula is C17H24N2O2S. The second-order valence-corrected chi connectivity index (χ2v) is 6.94. The Hall–Kier alpha value is -1.49. The summed E-state index contributed by atoms with van der Waals surface area (Å²) in [6.07, 6.45) is 1.37. The normalized spacial score (nSPS) is 16.7. The molecule has 2 amide bonds. The smallest absolute Gasteiger partial charge is 0.225 e. The Balaban J connectivity index is 2.06. The molecule has 1 N–H and O–H groups in total. The minimum Gasteiger partial charge on any atom is -0.349 e. The lowest BCUT2D eigenvalue weighted by atomic mass is 10.0. The number of benzene rings is 1. The van der Waals surface area contributed by atoms with Gasteiger partial charge in [0.05, 0.1) is 12.5 Å². The van der Waals surface area contributed by atoms with E-state index in [1.807, 2.05) is 47.9 Å². The number of nitrogens with zero attached hydrogens (tertiary/aromatic N) is 1. The van der Waals surface area contributed by atoms with Gasteiger partial charge in [0.15, 0.2) is 0 Å². The van der Waals surface area contributed by atoms with Gasteiger partial charge < -0.3 is 10.2 Å². The molecular weight excluding hydrogens is 296 g/mol. The Morgan fingerprint density at radius 1 is 1.23 bits per heavy atom. The van der Waals surface area contributed by atoms with E-state index in [-0.39, 0.29) is 17.9 Å². The molecule has 0 spiro atoms. The Bertz CT molecular complexity index is 508. The first-order valence-electron chi connectivity index (χ1n) is 7.75. The predicted octanol–water partition coefficient (Wildman–Crippen LogP) is 2.53. The number of aryl methyl sites for hydroxylation is 1. The maximum Gasteiger partial charge on any atom is 0.225 e. The Kier molecular flexibility index (Phi) is 6.31. The topological polar surface area (TPSA) is 49.4 Å². The fraction of sp³-hybridized carbons (Fsp3) is 0.529. The van der Waals surface area contributed by atoms with Gasteiger partial charge in [-0.1, -0.05) is 29.8 Å². The van der Waals surface area contributed by atoms with Crippen molar-refractivity contribution in [2.45, 2.75) is 32.7 Å². The highest BCUT2D eigenvalue weighted by atomic mass is 32.2. The van der Waals surface area contributed by atoms with Crippen molar-refractivity contribution >= 4 is 23.6 Å². The summed E-state index contributed by atoms with van der Waals surface area (Å²) in [5.74, 6) is 2.14. The average Bonchev–Trinajstić information content (AvgIpc) is 2.76. The number of carbonyl (C=O) groups excluding carboxylic acids is 2. The first kappa shape index (κ1) is 16.9. The van der Waals surface area contributed by atoms with Crippen molar-refractivity contribution in [2.24, 2.45) is 0 Å². The Morgan fingerprint density at radius 2 is 1.95 bits per heavy atom. The van der Waals surface area contributed by atoms with E-state index in [1.165, 1.54) is 12.5 Å². The maximum atomic E-state index is 12.5. The molecule has 1 heterocycles. The number of thioether (sulfide) groups is 1. The second-order valence-electron chi connectivity index (χ2n) is 5.71. The Labute approximate surface area is 136 Å². The summed E-state index contributed by atoms with van der Waals surface area (Å²) in [5, 5.41) is 2.91. The highest BCUT2D eigenvalue weighted by Gasteiger charge is 2.22. The number of nitrogens with one attached hydrogen (secondary N) is 1. The third-order valence-electron chi connectivity index (χ3n) is 3.81. The van der Waals surface area contributed by atoms with E-state index < -0.39 is 0 Å². The van der Waals surface area contributed by atoms with Gasteiger partial charge in [0.25, 0.3) is 0 Å². The van der Waals surface area contributed by atoms with Crippen molar-refractivity contribution in [3.63, 3.8) is 0 Å². The molecule has 0 aliphatic carbocycles. The number of hydrogen-bond acceptors (Lipinski definition) is 3. The van der Waals surface area contributed by atoms with Crippen LogP contribution in [0.4, 0.5) is 0 Å². The van der Waals surface area contributed by atoms with E-state index in [4.69, 9.17) is 0 Å². The summed E-state index contributed by atoms with van der Waals surface area (Å²) in [4.78, 5) is 25.9. The molecule has 22 heavy (non-hydrogen) atoms. The third-order valence-corrected chi connectivity index (χ3v) is 4.86. The first-order chi connectivity index (χ1) is 10.6. The van der Waals surface area contributed by atoms with Crippen LogP contribution < -0.4 is 5.32 Å². The predicted molar refractivity (Wildman–Crippen MR) is 90.9 cm³/mol. The van der Waals surface area contributed by atoms with Crippen molar-refractivity contribution in [3.8, 4) is 0 Å². The van der Waals surface area contributed by atoms with E-state index >= 15 is 0 Å². The molecule has 1 unspecified atom stereocenters. The Morgan fingerprint density at radius 3 is 2.64 bits per heavy atom. The second kappa shape index (κ2) is 8.22. The van der Waals surface area contributed by atoms with Crippen LogP contribution in [0.5, 0.6) is 0 Å². The van der Waals surface area contributed by atoms with Crippen LogP contribution in [-0.2, 0) is 9.59 Å². The van der Waals surface area contributed by atoms with Crippen LogP contribution in [0.2, 0.25) is 0 Å². The van der Waals surface area contributed by atoms with E-state index in [0.29, 0.717) is 6.42 Å². The first-order valence-corrected chi connectivity index (χ1v) is 8.91. The number of hydrogen-bond donors (Lipinski definition) is 1. The monoisotopic (exact) mass is 320 g/mol. The molecule has 1 aliphatic rings. The summed E-state index contributed by atoms with van der Waals surface area (Å²) >= 11 is 1.90. The van der Waals surface area contributed by atoms with Crippen LogP contribution in [0, 0.1) is 6.92 Å².